The van der Waals surface area contributed by atoms with Crippen molar-refractivity contribution in [3.05, 3.63) is 41.2 Å². The molecule has 0 aliphatic heterocycles. The largest absolute Gasteiger partial charge is 0.370 e. The topological polar surface area (TPSA) is 49.8 Å². The molecule has 0 radical (unpaired) electrons. The van der Waals surface area contributed by atoms with Crippen LogP contribution in [0.15, 0.2) is 30.6 Å². The van der Waals surface area contributed by atoms with Gasteiger partial charge in [-0.25, -0.2) is 9.97 Å². The molecule has 0 atom stereocenters. The number of nitrogens with zero attached hydrogens (tertiary/aromatic N) is 2. The van der Waals surface area contributed by atoms with E-state index in [0.717, 1.165) is 48.7 Å². The van der Waals surface area contributed by atoms with Crippen LogP contribution in [0.4, 0.5) is 17.3 Å². The maximum absolute atomic E-state index is 6.21. The number of hydrogen-bond donors (Lipinski definition) is 2. The molecule has 0 aliphatic rings. The van der Waals surface area contributed by atoms with Gasteiger partial charge in [0.15, 0.2) is 0 Å². The van der Waals surface area contributed by atoms with Crippen molar-refractivity contribution in [2.45, 2.75) is 33.1 Å². The van der Waals surface area contributed by atoms with Gasteiger partial charge >= 0.3 is 0 Å². The Labute approximate surface area is 131 Å². The average molecular weight is 305 g/mol. The first-order valence-electron chi connectivity index (χ1n) is 7.35. The highest BCUT2D eigenvalue weighted by Gasteiger charge is 2.11. The first kappa shape index (κ1) is 15.6. The molecular weight excluding hydrogens is 284 g/mol. The normalized spacial score (nSPS) is 10.4. The predicted molar refractivity (Wildman–Crippen MR) is 89.5 cm³/mol. The van der Waals surface area contributed by atoms with E-state index in [9.17, 15) is 0 Å². The fourth-order valence-electron chi connectivity index (χ4n) is 2.09. The van der Waals surface area contributed by atoms with E-state index < -0.39 is 0 Å². The van der Waals surface area contributed by atoms with E-state index in [2.05, 4.69) is 34.4 Å². The summed E-state index contributed by atoms with van der Waals surface area (Å²) in [4.78, 5) is 8.75. The lowest BCUT2D eigenvalue weighted by Crippen LogP contribution is -2.09. The van der Waals surface area contributed by atoms with Gasteiger partial charge in [0, 0.05) is 12.1 Å². The van der Waals surface area contributed by atoms with Crippen molar-refractivity contribution >= 4 is 28.9 Å². The SMILES string of the molecule is CCCNc1ncnc(Nc2ccccc2Cl)c1CCC. The average Bonchev–Trinajstić information content (AvgIpc) is 2.50. The fourth-order valence-corrected chi connectivity index (χ4v) is 2.28. The monoisotopic (exact) mass is 304 g/mol. The first-order chi connectivity index (χ1) is 10.3. The van der Waals surface area contributed by atoms with E-state index in [1.807, 2.05) is 24.3 Å². The summed E-state index contributed by atoms with van der Waals surface area (Å²) in [5, 5.41) is 7.37. The lowest BCUT2D eigenvalue weighted by atomic mass is 10.1. The van der Waals surface area contributed by atoms with Gasteiger partial charge in [0.1, 0.15) is 18.0 Å². The molecule has 2 N–H and O–H groups in total. The maximum Gasteiger partial charge on any atom is 0.139 e. The second kappa shape index (κ2) is 7.84. The Morgan fingerprint density at radius 3 is 2.52 bits per heavy atom. The van der Waals surface area contributed by atoms with Crippen LogP contribution < -0.4 is 10.6 Å². The van der Waals surface area contributed by atoms with Crippen molar-refractivity contribution in [1.29, 1.82) is 0 Å². The quantitative estimate of drug-likeness (QED) is 0.782. The van der Waals surface area contributed by atoms with E-state index in [1.54, 1.807) is 6.33 Å². The van der Waals surface area contributed by atoms with E-state index in [-0.39, 0.29) is 0 Å². The fraction of sp³-hybridized carbons (Fsp3) is 0.375. The highest BCUT2D eigenvalue weighted by molar-refractivity contribution is 6.33. The molecule has 0 bridgehead atoms. The van der Waals surface area contributed by atoms with Gasteiger partial charge in [-0.3, -0.25) is 0 Å². The van der Waals surface area contributed by atoms with Gasteiger partial charge in [0.25, 0.3) is 0 Å². The van der Waals surface area contributed by atoms with Crippen LogP contribution in [-0.2, 0) is 6.42 Å². The number of hydrogen-bond acceptors (Lipinski definition) is 4. The number of aromatic nitrogens is 2. The molecule has 0 saturated carbocycles. The summed E-state index contributed by atoms with van der Waals surface area (Å²) >= 11 is 6.21. The molecule has 4 nitrogen and oxygen atoms in total. The minimum atomic E-state index is 0.682. The molecule has 5 heteroatoms. The number of anilines is 3. The number of halogens is 1. The Kier molecular flexibility index (Phi) is 5.81. The van der Waals surface area contributed by atoms with Crippen LogP contribution >= 0.6 is 11.6 Å². The lowest BCUT2D eigenvalue weighted by Gasteiger charge is -2.15. The van der Waals surface area contributed by atoms with Crippen LogP contribution in [0.5, 0.6) is 0 Å². The zero-order valence-electron chi connectivity index (χ0n) is 12.5. The maximum atomic E-state index is 6.21. The zero-order chi connectivity index (χ0) is 15.1. The van der Waals surface area contributed by atoms with Crippen molar-refractivity contribution in [3.63, 3.8) is 0 Å². The molecule has 1 heterocycles. The molecule has 1 aromatic heterocycles. The van der Waals surface area contributed by atoms with Crippen molar-refractivity contribution in [3.8, 4) is 0 Å². The second-order valence-electron chi connectivity index (χ2n) is 4.83. The predicted octanol–water partition coefficient (Wildman–Crippen LogP) is 4.65. The molecule has 0 fully saturated rings. The Balaban J connectivity index is 2.31. The minimum Gasteiger partial charge on any atom is -0.370 e. The molecule has 0 aliphatic carbocycles. The van der Waals surface area contributed by atoms with Crippen LogP contribution in [0.3, 0.4) is 0 Å². The van der Waals surface area contributed by atoms with Crippen LogP contribution in [0.25, 0.3) is 0 Å². The molecular formula is C16H21ClN4. The van der Waals surface area contributed by atoms with Gasteiger partial charge in [-0.05, 0) is 25.0 Å². The third kappa shape index (κ3) is 4.08. The van der Waals surface area contributed by atoms with E-state index >= 15 is 0 Å². The number of rotatable bonds is 7. The number of nitrogens with one attached hydrogen (secondary N) is 2. The van der Waals surface area contributed by atoms with Crippen molar-refractivity contribution < 1.29 is 0 Å². The van der Waals surface area contributed by atoms with Gasteiger partial charge in [-0.2, -0.15) is 0 Å². The minimum absolute atomic E-state index is 0.682. The summed E-state index contributed by atoms with van der Waals surface area (Å²) < 4.78 is 0. The third-order valence-corrected chi connectivity index (χ3v) is 3.44. The molecule has 21 heavy (non-hydrogen) atoms. The molecule has 2 rings (SSSR count). The van der Waals surface area contributed by atoms with Crippen LogP contribution in [-0.4, -0.2) is 16.5 Å². The molecule has 0 unspecified atom stereocenters. The van der Waals surface area contributed by atoms with Gasteiger partial charge in [-0.15, -0.1) is 0 Å². The molecule has 0 saturated heterocycles. The molecule has 2 aromatic rings. The smallest absolute Gasteiger partial charge is 0.139 e. The Morgan fingerprint density at radius 1 is 1.05 bits per heavy atom. The van der Waals surface area contributed by atoms with Crippen molar-refractivity contribution in [2.24, 2.45) is 0 Å². The van der Waals surface area contributed by atoms with Crippen LogP contribution in [0, 0.1) is 0 Å². The molecule has 112 valence electrons. The van der Waals surface area contributed by atoms with Crippen LogP contribution in [0.1, 0.15) is 32.3 Å². The van der Waals surface area contributed by atoms with Gasteiger partial charge in [0.2, 0.25) is 0 Å². The zero-order valence-corrected chi connectivity index (χ0v) is 13.2. The van der Waals surface area contributed by atoms with Gasteiger partial charge in [0.05, 0.1) is 10.7 Å². The summed E-state index contributed by atoms with van der Waals surface area (Å²) in [7, 11) is 0. The van der Waals surface area contributed by atoms with Gasteiger partial charge < -0.3 is 10.6 Å². The van der Waals surface area contributed by atoms with E-state index in [1.165, 1.54) is 0 Å². The Morgan fingerprint density at radius 2 is 1.81 bits per heavy atom. The van der Waals surface area contributed by atoms with Crippen molar-refractivity contribution in [1.82, 2.24) is 9.97 Å². The second-order valence-corrected chi connectivity index (χ2v) is 5.24. The number of benzene rings is 1. The highest BCUT2D eigenvalue weighted by Crippen LogP contribution is 2.28. The first-order valence-corrected chi connectivity index (χ1v) is 7.73. The molecule has 0 amide bonds. The summed E-state index contributed by atoms with van der Waals surface area (Å²) in [6.07, 6.45) is 4.59. The van der Waals surface area contributed by atoms with E-state index in [4.69, 9.17) is 11.6 Å². The molecule has 0 spiro atoms. The summed E-state index contributed by atoms with van der Waals surface area (Å²) in [5.41, 5.74) is 1.96. The van der Waals surface area contributed by atoms with E-state index in [0.29, 0.717) is 5.02 Å². The van der Waals surface area contributed by atoms with Gasteiger partial charge in [-0.1, -0.05) is 44.0 Å². The van der Waals surface area contributed by atoms with Crippen LogP contribution in [0.2, 0.25) is 5.02 Å². The standard InChI is InChI=1S/C16H21ClN4/c1-3-7-12-15(18-10-4-2)19-11-20-16(12)21-14-9-6-5-8-13(14)17/h5-6,8-9,11H,3-4,7,10H2,1-2H3,(H2,18,19,20,21). The third-order valence-electron chi connectivity index (χ3n) is 3.11. The highest BCUT2D eigenvalue weighted by atomic mass is 35.5. The summed E-state index contributed by atoms with van der Waals surface area (Å²) in [6.45, 7) is 5.19. The molecule has 1 aromatic carbocycles. The Hall–Kier alpha value is -1.81. The summed E-state index contributed by atoms with van der Waals surface area (Å²) in [5.74, 6) is 1.72. The summed E-state index contributed by atoms with van der Waals surface area (Å²) in [6, 6.07) is 7.67. The lowest BCUT2D eigenvalue weighted by molar-refractivity contribution is 0.892. The Bertz CT molecular complexity index is 586. The number of para-hydroxylation sites is 1. The van der Waals surface area contributed by atoms with Crippen molar-refractivity contribution in [2.75, 3.05) is 17.2 Å².